The highest BCUT2D eigenvalue weighted by atomic mass is 35.5. The van der Waals surface area contributed by atoms with E-state index in [1.165, 1.54) is 0 Å². The molecule has 0 N–H and O–H groups in total. The van der Waals surface area contributed by atoms with Gasteiger partial charge < -0.3 is 9.47 Å². The minimum Gasteiger partial charge on any atom is -0.497 e. The molecule has 0 radical (unpaired) electrons. The Morgan fingerprint density at radius 3 is 2.42 bits per heavy atom. The smallest absolute Gasteiger partial charge is 0.199 e. The molecule has 2 aromatic heterocycles. The number of rotatable bonds is 4. The molecule has 24 heavy (non-hydrogen) atoms. The molecule has 0 fully saturated rings. The van der Waals surface area contributed by atoms with Gasteiger partial charge >= 0.3 is 0 Å². The molecule has 0 atom stereocenters. The number of methoxy groups -OCH3 is 1. The average Bonchev–Trinajstić information content (AvgIpc) is 2.60. The highest BCUT2D eigenvalue weighted by molar-refractivity contribution is 6.32. The van der Waals surface area contributed by atoms with E-state index in [-0.39, 0.29) is 5.15 Å². The summed E-state index contributed by atoms with van der Waals surface area (Å²) >= 11 is 12.4. The quantitative estimate of drug-likeness (QED) is 0.642. The van der Waals surface area contributed by atoms with Crippen LogP contribution in [-0.2, 0) is 0 Å². The molecule has 3 aromatic rings. The number of aryl methyl sites for hydroxylation is 1. The van der Waals surface area contributed by atoms with Crippen LogP contribution in [-0.4, -0.2) is 27.0 Å². The van der Waals surface area contributed by atoms with Crippen molar-refractivity contribution >= 4 is 23.2 Å². The fourth-order valence-corrected chi connectivity index (χ4v) is 2.37. The molecule has 0 aliphatic rings. The summed E-state index contributed by atoms with van der Waals surface area (Å²) < 4.78 is 11.0. The minimum absolute atomic E-state index is 0.142. The molecule has 0 spiro atoms. The minimum atomic E-state index is 0.142. The lowest BCUT2D eigenvalue weighted by Crippen LogP contribution is -2.00. The lowest BCUT2D eigenvalue weighted by atomic mass is 10.3. The number of hydrogen-bond acceptors (Lipinski definition) is 6. The Balaban J connectivity index is 1.98. The number of nitrogens with zero attached hydrogens (tertiary/aromatic N) is 4. The summed E-state index contributed by atoms with van der Waals surface area (Å²) in [7, 11) is 1.56. The van der Waals surface area contributed by atoms with Gasteiger partial charge in [0.15, 0.2) is 22.6 Å². The van der Waals surface area contributed by atoms with Crippen LogP contribution in [0.15, 0.2) is 36.7 Å². The molecular weight excluding hydrogens is 351 g/mol. The van der Waals surface area contributed by atoms with Gasteiger partial charge in [0.1, 0.15) is 11.5 Å². The van der Waals surface area contributed by atoms with Crippen molar-refractivity contribution in [1.29, 1.82) is 0 Å². The predicted molar refractivity (Wildman–Crippen MR) is 90.9 cm³/mol. The molecule has 0 saturated carbocycles. The number of ether oxygens (including phenoxy) is 2. The summed E-state index contributed by atoms with van der Waals surface area (Å²) in [6.45, 7) is 1.75. The fourth-order valence-electron chi connectivity index (χ4n) is 1.96. The first-order chi connectivity index (χ1) is 11.6. The maximum absolute atomic E-state index is 6.25. The highest BCUT2D eigenvalue weighted by Gasteiger charge is 2.16. The molecule has 0 saturated heterocycles. The van der Waals surface area contributed by atoms with Gasteiger partial charge in [0.25, 0.3) is 0 Å². The van der Waals surface area contributed by atoms with Gasteiger partial charge in [0.05, 0.1) is 17.8 Å². The summed E-state index contributed by atoms with van der Waals surface area (Å²) in [5.74, 6) is 2.02. The Kier molecular flexibility index (Phi) is 4.78. The summed E-state index contributed by atoms with van der Waals surface area (Å²) in [6, 6.07) is 6.77. The van der Waals surface area contributed by atoms with Crippen molar-refractivity contribution in [3.63, 3.8) is 0 Å². The van der Waals surface area contributed by atoms with Crippen molar-refractivity contribution in [1.82, 2.24) is 19.9 Å². The van der Waals surface area contributed by atoms with Gasteiger partial charge in [-0.2, -0.15) is 0 Å². The molecule has 122 valence electrons. The van der Waals surface area contributed by atoms with Crippen LogP contribution in [0.25, 0.3) is 11.6 Å². The summed E-state index contributed by atoms with van der Waals surface area (Å²) in [5.41, 5.74) is 0.538. The second-order valence-electron chi connectivity index (χ2n) is 4.72. The summed E-state index contributed by atoms with van der Waals surface area (Å²) in [4.78, 5) is 16.8. The van der Waals surface area contributed by atoms with Crippen molar-refractivity contribution in [2.75, 3.05) is 7.11 Å². The zero-order valence-electron chi connectivity index (χ0n) is 12.8. The monoisotopic (exact) mass is 362 g/mol. The number of halogens is 2. The van der Waals surface area contributed by atoms with Crippen LogP contribution >= 0.6 is 23.2 Å². The molecule has 0 amide bonds. The number of aromatic nitrogens is 4. The van der Waals surface area contributed by atoms with Gasteiger partial charge in [-0.3, -0.25) is 0 Å². The van der Waals surface area contributed by atoms with Crippen molar-refractivity contribution in [2.24, 2.45) is 0 Å². The maximum Gasteiger partial charge on any atom is 0.199 e. The molecule has 3 rings (SSSR count). The lowest BCUT2D eigenvalue weighted by Gasteiger charge is -2.12. The van der Waals surface area contributed by atoms with E-state index in [1.54, 1.807) is 50.7 Å². The second kappa shape index (κ2) is 6.98. The Morgan fingerprint density at radius 1 is 1.00 bits per heavy atom. The van der Waals surface area contributed by atoms with Crippen LogP contribution in [0.5, 0.6) is 17.2 Å². The highest BCUT2D eigenvalue weighted by Crippen LogP contribution is 2.37. The molecule has 0 unspecified atom stereocenters. The van der Waals surface area contributed by atoms with Crippen LogP contribution in [0.3, 0.4) is 0 Å². The van der Waals surface area contributed by atoms with Crippen molar-refractivity contribution in [3.8, 4) is 28.9 Å². The zero-order chi connectivity index (χ0) is 17.1. The first-order valence-electron chi connectivity index (χ1n) is 6.91. The van der Waals surface area contributed by atoms with E-state index in [1.807, 2.05) is 0 Å². The van der Waals surface area contributed by atoms with E-state index < -0.39 is 0 Å². The van der Waals surface area contributed by atoms with Gasteiger partial charge in [-0.15, -0.1) is 0 Å². The van der Waals surface area contributed by atoms with Crippen LogP contribution in [0.4, 0.5) is 0 Å². The number of hydrogen-bond donors (Lipinski definition) is 0. The second-order valence-corrected chi connectivity index (χ2v) is 5.49. The zero-order valence-corrected chi connectivity index (χ0v) is 14.3. The van der Waals surface area contributed by atoms with Gasteiger partial charge in [0.2, 0.25) is 0 Å². The average molecular weight is 363 g/mol. The third kappa shape index (κ3) is 3.39. The topological polar surface area (TPSA) is 70.0 Å². The van der Waals surface area contributed by atoms with Gasteiger partial charge in [0, 0.05) is 18.5 Å². The molecule has 1 aromatic carbocycles. The van der Waals surface area contributed by atoms with Crippen molar-refractivity contribution < 1.29 is 9.47 Å². The van der Waals surface area contributed by atoms with E-state index >= 15 is 0 Å². The van der Waals surface area contributed by atoms with Gasteiger partial charge in [-0.25, -0.2) is 19.9 Å². The van der Waals surface area contributed by atoms with Gasteiger partial charge in [-0.05, 0) is 25.1 Å². The third-order valence-corrected chi connectivity index (χ3v) is 3.68. The standard InChI is InChI=1S/C16H12Cl2N4O2/c1-9-13(24-12-8-10(23-2)4-5-11(12)17)14(18)22-16(21-9)15-19-6-3-7-20-15/h3-8H,1-2H3. The van der Waals surface area contributed by atoms with E-state index in [9.17, 15) is 0 Å². The molecular formula is C16H12Cl2N4O2. The van der Waals surface area contributed by atoms with Crippen LogP contribution < -0.4 is 9.47 Å². The van der Waals surface area contributed by atoms with Crippen LogP contribution in [0.1, 0.15) is 5.69 Å². The molecule has 2 heterocycles. The SMILES string of the molecule is COc1ccc(Cl)c(Oc2c(C)nc(-c3ncccn3)nc2Cl)c1. The first-order valence-corrected chi connectivity index (χ1v) is 7.67. The fraction of sp³-hybridized carbons (Fsp3) is 0.125. The van der Waals surface area contributed by atoms with E-state index in [4.69, 9.17) is 32.7 Å². The molecule has 8 heteroatoms. The predicted octanol–water partition coefficient (Wildman–Crippen LogP) is 4.35. The van der Waals surface area contributed by atoms with Crippen molar-refractivity contribution in [3.05, 3.63) is 52.5 Å². The Labute approximate surface area is 148 Å². The molecule has 0 bridgehead atoms. The van der Waals surface area contributed by atoms with Crippen molar-refractivity contribution in [2.45, 2.75) is 6.92 Å². The molecule has 0 aliphatic heterocycles. The maximum atomic E-state index is 6.25. The van der Waals surface area contributed by atoms with E-state index in [0.717, 1.165) is 0 Å². The van der Waals surface area contributed by atoms with Crippen LogP contribution in [0.2, 0.25) is 10.2 Å². The Hall–Kier alpha value is -2.44. The van der Waals surface area contributed by atoms with E-state index in [2.05, 4.69) is 19.9 Å². The largest absolute Gasteiger partial charge is 0.497 e. The lowest BCUT2D eigenvalue weighted by molar-refractivity contribution is 0.408. The summed E-state index contributed by atoms with van der Waals surface area (Å²) in [6.07, 6.45) is 3.21. The Bertz CT molecular complexity index is 852. The van der Waals surface area contributed by atoms with E-state index in [0.29, 0.717) is 39.6 Å². The number of benzene rings is 1. The van der Waals surface area contributed by atoms with Crippen LogP contribution in [0, 0.1) is 6.92 Å². The molecule has 0 aliphatic carbocycles. The van der Waals surface area contributed by atoms with Gasteiger partial charge in [-0.1, -0.05) is 23.2 Å². The Morgan fingerprint density at radius 2 is 1.75 bits per heavy atom. The summed E-state index contributed by atoms with van der Waals surface area (Å²) in [5, 5.41) is 0.561. The normalized spacial score (nSPS) is 10.5. The molecule has 6 nitrogen and oxygen atoms in total. The first kappa shape index (κ1) is 16.4. The third-order valence-electron chi connectivity index (χ3n) is 3.11.